The van der Waals surface area contributed by atoms with E-state index in [4.69, 9.17) is 5.73 Å². The first-order valence-corrected chi connectivity index (χ1v) is 3.93. The predicted octanol–water partition coefficient (Wildman–Crippen LogP) is 1.35. The third-order valence-electron chi connectivity index (χ3n) is 1.25. The topological polar surface area (TPSA) is 38.9 Å². The molecule has 0 amide bonds. The number of hydrogen-bond donors (Lipinski definition) is 1. The summed E-state index contributed by atoms with van der Waals surface area (Å²) in [4.78, 5) is 4.06. The Kier molecular flexibility index (Phi) is 2.83. The molecule has 0 atom stereocenters. The average Bonchev–Trinajstić information content (AvgIpc) is 1.94. The monoisotopic (exact) mass is 200 g/mol. The van der Waals surface area contributed by atoms with E-state index in [0.29, 0.717) is 6.54 Å². The standard InChI is InChI=1S/C7H9BrN2/c8-7-6(3-4-9)2-1-5-10-7/h1-2,5H,3-4,9H2. The van der Waals surface area contributed by atoms with E-state index in [9.17, 15) is 0 Å². The molecule has 0 spiro atoms. The average molecular weight is 201 g/mol. The summed E-state index contributed by atoms with van der Waals surface area (Å²) in [5.41, 5.74) is 6.55. The number of halogens is 1. The third kappa shape index (κ3) is 1.78. The maximum absolute atomic E-state index is 5.38. The summed E-state index contributed by atoms with van der Waals surface area (Å²) in [6.07, 6.45) is 2.64. The van der Waals surface area contributed by atoms with Crippen molar-refractivity contribution < 1.29 is 0 Å². The summed E-state index contributed by atoms with van der Waals surface area (Å²) in [6, 6.07) is 3.93. The van der Waals surface area contributed by atoms with Gasteiger partial charge in [-0.05, 0) is 40.5 Å². The van der Waals surface area contributed by atoms with Crippen LogP contribution in [0.25, 0.3) is 0 Å². The van der Waals surface area contributed by atoms with Crippen LogP contribution in [0.2, 0.25) is 0 Å². The van der Waals surface area contributed by atoms with E-state index >= 15 is 0 Å². The lowest BCUT2D eigenvalue weighted by atomic mass is 10.2. The largest absolute Gasteiger partial charge is 0.330 e. The summed E-state index contributed by atoms with van der Waals surface area (Å²) in [6.45, 7) is 0.671. The fourth-order valence-electron chi connectivity index (χ4n) is 0.761. The summed E-state index contributed by atoms with van der Waals surface area (Å²) < 4.78 is 0.903. The van der Waals surface area contributed by atoms with Gasteiger partial charge in [-0.1, -0.05) is 6.07 Å². The molecule has 0 aliphatic heterocycles. The Hall–Kier alpha value is -0.410. The SMILES string of the molecule is NCCc1cccnc1Br. The number of nitrogens with two attached hydrogens (primary N) is 1. The zero-order valence-corrected chi connectivity index (χ0v) is 7.13. The molecule has 0 aromatic carbocycles. The zero-order valence-electron chi connectivity index (χ0n) is 5.55. The summed E-state index contributed by atoms with van der Waals surface area (Å²) in [5, 5.41) is 0. The number of rotatable bonds is 2. The first-order valence-electron chi connectivity index (χ1n) is 3.14. The Morgan fingerprint density at radius 3 is 3.00 bits per heavy atom. The summed E-state index contributed by atoms with van der Waals surface area (Å²) in [7, 11) is 0. The first kappa shape index (κ1) is 7.69. The van der Waals surface area contributed by atoms with Crippen LogP contribution in [-0.4, -0.2) is 11.5 Å². The minimum atomic E-state index is 0.671. The molecule has 1 rings (SSSR count). The highest BCUT2D eigenvalue weighted by Gasteiger charge is 1.95. The van der Waals surface area contributed by atoms with Gasteiger partial charge in [-0.15, -0.1) is 0 Å². The predicted molar refractivity (Wildman–Crippen MR) is 44.7 cm³/mol. The van der Waals surface area contributed by atoms with Crippen LogP contribution in [0.3, 0.4) is 0 Å². The van der Waals surface area contributed by atoms with Gasteiger partial charge in [0.1, 0.15) is 4.60 Å². The van der Waals surface area contributed by atoms with E-state index in [-0.39, 0.29) is 0 Å². The molecule has 0 radical (unpaired) electrons. The van der Waals surface area contributed by atoms with Crippen LogP contribution in [0.5, 0.6) is 0 Å². The van der Waals surface area contributed by atoms with Crippen LogP contribution < -0.4 is 5.73 Å². The van der Waals surface area contributed by atoms with E-state index in [1.165, 1.54) is 5.56 Å². The highest BCUT2D eigenvalue weighted by atomic mass is 79.9. The molecule has 0 aliphatic rings. The molecule has 2 N–H and O–H groups in total. The van der Waals surface area contributed by atoms with Crippen LogP contribution in [0, 0.1) is 0 Å². The molecular weight excluding hydrogens is 192 g/mol. The number of aromatic nitrogens is 1. The third-order valence-corrected chi connectivity index (χ3v) is 1.96. The van der Waals surface area contributed by atoms with Gasteiger partial charge in [-0.2, -0.15) is 0 Å². The van der Waals surface area contributed by atoms with Crippen molar-refractivity contribution in [2.45, 2.75) is 6.42 Å². The molecule has 0 aliphatic carbocycles. The molecule has 0 saturated heterocycles. The van der Waals surface area contributed by atoms with E-state index in [2.05, 4.69) is 20.9 Å². The van der Waals surface area contributed by atoms with Crippen molar-refractivity contribution in [1.29, 1.82) is 0 Å². The van der Waals surface area contributed by atoms with Crippen molar-refractivity contribution in [3.05, 3.63) is 28.5 Å². The number of nitrogens with zero attached hydrogens (tertiary/aromatic N) is 1. The molecule has 3 heteroatoms. The van der Waals surface area contributed by atoms with Crippen molar-refractivity contribution in [1.82, 2.24) is 4.98 Å². The van der Waals surface area contributed by atoms with Gasteiger partial charge >= 0.3 is 0 Å². The summed E-state index contributed by atoms with van der Waals surface area (Å²) in [5.74, 6) is 0. The van der Waals surface area contributed by atoms with Crippen molar-refractivity contribution >= 4 is 15.9 Å². The van der Waals surface area contributed by atoms with Gasteiger partial charge in [0.05, 0.1) is 0 Å². The fourth-order valence-corrected chi connectivity index (χ4v) is 1.21. The van der Waals surface area contributed by atoms with Gasteiger partial charge in [0, 0.05) is 6.20 Å². The van der Waals surface area contributed by atoms with Gasteiger partial charge < -0.3 is 5.73 Å². The van der Waals surface area contributed by atoms with Crippen molar-refractivity contribution in [2.75, 3.05) is 6.54 Å². The maximum Gasteiger partial charge on any atom is 0.109 e. The van der Waals surface area contributed by atoms with E-state index in [1.54, 1.807) is 6.20 Å². The summed E-state index contributed by atoms with van der Waals surface area (Å²) >= 11 is 3.33. The Bertz CT molecular complexity index is 213. The Balaban J connectivity index is 2.81. The van der Waals surface area contributed by atoms with Gasteiger partial charge in [0.2, 0.25) is 0 Å². The molecule has 0 unspecified atom stereocenters. The minimum Gasteiger partial charge on any atom is -0.330 e. The van der Waals surface area contributed by atoms with E-state index in [0.717, 1.165) is 11.0 Å². The molecule has 1 aromatic rings. The number of pyridine rings is 1. The van der Waals surface area contributed by atoms with Crippen LogP contribution in [-0.2, 0) is 6.42 Å². The lowest BCUT2D eigenvalue weighted by molar-refractivity contribution is 0.949. The molecular formula is C7H9BrN2. The Morgan fingerprint density at radius 2 is 2.40 bits per heavy atom. The van der Waals surface area contributed by atoms with Crippen LogP contribution in [0.4, 0.5) is 0 Å². The zero-order chi connectivity index (χ0) is 7.40. The Labute approximate surface area is 68.6 Å². The van der Waals surface area contributed by atoms with Gasteiger partial charge in [-0.25, -0.2) is 4.98 Å². The lowest BCUT2D eigenvalue weighted by Gasteiger charge is -1.98. The van der Waals surface area contributed by atoms with Crippen molar-refractivity contribution in [2.24, 2.45) is 5.73 Å². The first-order chi connectivity index (χ1) is 4.84. The van der Waals surface area contributed by atoms with Gasteiger partial charge in [0.15, 0.2) is 0 Å². The molecule has 1 heterocycles. The second kappa shape index (κ2) is 3.68. The number of hydrogen-bond acceptors (Lipinski definition) is 2. The molecule has 54 valence electrons. The van der Waals surface area contributed by atoms with Crippen molar-refractivity contribution in [3.63, 3.8) is 0 Å². The van der Waals surface area contributed by atoms with E-state index < -0.39 is 0 Å². The molecule has 0 fully saturated rings. The van der Waals surface area contributed by atoms with Crippen molar-refractivity contribution in [3.8, 4) is 0 Å². The Morgan fingerprint density at radius 1 is 1.60 bits per heavy atom. The minimum absolute atomic E-state index is 0.671. The maximum atomic E-state index is 5.38. The van der Waals surface area contributed by atoms with Crippen LogP contribution in [0.1, 0.15) is 5.56 Å². The smallest absolute Gasteiger partial charge is 0.109 e. The quantitative estimate of drug-likeness (QED) is 0.733. The molecule has 0 bridgehead atoms. The van der Waals surface area contributed by atoms with Crippen LogP contribution >= 0.6 is 15.9 Å². The molecule has 1 aromatic heterocycles. The normalized spacial score (nSPS) is 9.80. The van der Waals surface area contributed by atoms with Crippen LogP contribution in [0.15, 0.2) is 22.9 Å². The fraction of sp³-hybridized carbons (Fsp3) is 0.286. The molecule has 10 heavy (non-hydrogen) atoms. The molecule has 0 saturated carbocycles. The lowest BCUT2D eigenvalue weighted by Crippen LogP contribution is -2.03. The second-order valence-electron chi connectivity index (χ2n) is 1.99. The van der Waals surface area contributed by atoms with Gasteiger partial charge in [0.25, 0.3) is 0 Å². The highest BCUT2D eigenvalue weighted by molar-refractivity contribution is 9.10. The van der Waals surface area contributed by atoms with Gasteiger partial charge in [-0.3, -0.25) is 0 Å². The van der Waals surface area contributed by atoms with E-state index in [1.807, 2.05) is 12.1 Å². The highest BCUT2D eigenvalue weighted by Crippen LogP contribution is 2.11. The molecule has 2 nitrogen and oxygen atoms in total. The second-order valence-corrected chi connectivity index (χ2v) is 2.74.